The number of rotatable bonds is 4. The maximum Gasteiger partial charge on any atom is 0.195 e. The highest BCUT2D eigenvalue weighted by atomic mass is 16.4. The second kappa shape index (κ2) is 4.59. The smallest absolute Gasteiger partial charge is 0.195 e. The molecule has 1 aromatic rings. The van der Waals surface area contributed by atoms with Crippen LogP contribution in [0.1, 0.15) is 55.9 Å². The molecule has 0 spiro atoms. The van der Waals surface area contributed by atoms with Gasteiger partial charge in [-0.3, -0.25) is 0 Å². The van der Waals surface area contributed by atoms with E-state index in [0.717, 1.165) is 47.9 Å². The van der Waals surface area contributed by atoms with Gasteiger partial charge in [-0.05, 0) is 75.2 Å². The molecule has 0 saturated heterocycles. The first-order valence-electron chi connectivity index (χ1n) is 8.31. The average molecular weight is 274 g/mol. The molecule has 0 aromatic carbocycles. The highest BCUT2D eigenvalue weighted by Gasteiger charge is 2.51. The number of oxazole rings is 1. The third kappa shape index (κ3) is 2.11. The van der Waals surface area contributed by atoms with E-state index in [1.165, 1.54) is 38.5 Å². The molecule has 4 saturated carbocycles. The summed E-state index contributed by atoms with van der Waals surface area (Å²) in [7, 11) is 0. The highest BCUT2D eigenvalue weighted by molar-refractivity contribution is 5.11. The Hall–Kier alpha value is -0.830. The van der Waals surface area contributed by atoms with E-state index in [-0.39, 0.29) is 0 Å². The Morgan fingerprint density at radius 2 is 1.75 bits per heavy atom. The fourth-order valence-corrected chi connectivity index (χ4v) is 5.76. The Kier molecular flexibility index (Phi) is 2.95. The van der Waals surface area contributed by atoms with Crippen LogP contribution in [-0.2, 0) is 12.8 Å². The second-order valence-electron chi connectivity index (χ2n) is 7.74. The molecule has 4 aliphatic carbocycles. The number of aryl methyl sites for hydroxylation is 1. The van der Waals surface area contributed by atoms with Gasteiger partial charge in [0.15, 0.2) is 5.89 Å². The molecule has 3 heteroatoms. The monoisotopic (exact) mass is 274 g/mol. The summed E-state index contributed by atoms with van der Waals surface area (Å²) in [4.78, 5) is 4.73. The summed E-state index contributed by atoms with van der Waals surface area (Å²) in [5, 5.41) is 0. The standard InChI is InChI=1S/C17H26N2O/c1-11-15(2-3-18)19-16(20-11)10-17-7-12-4-13(8-17)6-14(5-12)9-17/h12-14H,2-10,18H2,1H3. The van der Waals surface area contributed by atoms with Crippen LogP contribution in [0.25, 0.3) is 0 Å². The van der Waals surface area contributed by atoms with Crippen molar-refractivity contribution in [1.82, 2.24) is 4.98 Å². The van der Waals surface area contributed by atoms with Gasteiger partial charge in [0.2, 0.25) is 0 Å². The number of aromatic nitrogens is 1. The van der Waals surface area contributed by atoms with E-state index >= 15 is 0 Å². The van der Waals surface area contributed by atoms with Crippen LogP contribution in [0, 0.1) is 30.1 Å². The molecule has 4 fully saturated rings. The summed E-state index contributed by atoms with van der Waals surface area (Å²) >= 11 is 0. The average Bonchev–Trinajstić information content (AvgIpc) is 2.67. The Balaban J connectivity index is 1.55. The van der Waals surface area contributed by atoms with Gasteiger partial charge >= 0.3 is 0 Å². The predicted molar refractivity (Wildman–Crippen MR) is 78.3 cm³/mol. The van der Waals surface area contributed by atoms with Crippen molar-refractivity contribution in [3.8, 4) is 0 Å². The zero-order valence-electron chi connectivity index (χ0n) is 12.5. The molecule has 3 nitrogen and oxygen atoms in total. The van der Waals surface area contributed by atoms with Gasteiger partial charge < -0.3 is 10.2 Å². The van der Waals surface area contributed by atoms with Gasteiger partial charge in [-0.2, -0.15) is 0 Å². The fourth-order valence-electron chi connectivity index (χ4n) is 5.76. The van der Waals surface area contributed by atoms with E-state index < -0.39 is 0 Å². The second-order valence-corrected chi connectivity index (χ2v) is 7.74. The van der Waals surface area contributed by atoms with Crippen LogP contribution < -0.4 is 5.73 Å². The van der Waals surface area contributed by atoms with E-state index in [0.29, 0.717) is 12.0 Å². The topological polar surface area (TPSA) is 52.0 Å². The van der Waals surface area contributed by atoms with Gasteiger partial charge in [-0.1, -0.05) is 0 Å². The minimum atomic E-state index is 0.520. The number of nitrogens with two attached hydrogens (primary N) is 1. The Bertz CT molecular complexity index is 470. The lowest BCUT2D eigenvalue weighted by atomic mass is 9.49. The SMILES string of the molecule is Cc1oc(CC23CC4CC(CC(C4)C2)C3)nc1CCN. The Morgan fingerprint density at radius 1 is 1.15 bits per heavy atom. The molecular formula is C17H26N2O. The van der Waals surface area contributed by atoms with Crippen molar-refractivity contribution < 1.29 is 4.42 Å². The quantitative estimate of drug-likeness (QED) is 0.917. The summed E-state index contributed by atoms with van der Waals surface area (Å²) in [6, 6.07) is 0. The lowest BCUT2D eigenvalue weighted by Gasteiger charge is -2.56. The lowest BCUT2D eigenvalue weighted by molar-refractivity contribution is -0.0551. The van der Waals surface area contributed by atoms with Crippen LogP contribution in [0.2, 0.25) is 0 Å². The van der Waals surface area contributed by atoms with Gasteiger partial charge in [0, 0.05) is 12.8 Å². The van der Waals surface area contributed by atoms with Crippen molar-refractivity contribution in [3.63, 3.8) is 0 Å². The molecule has 1 heterocycles. The molecule has 20 heavy (non-hydrogen) atoms. The first kappa shape index (κ1) is 12.9. The summed E-state index contributed by atoms with van der Waals surface area (Å²) < 4.78 is 5.94. The minimum absolute atomic E-state index is 0.520. The van der Waals surface area contributed by atoms with E-state index in [1.807, 2.05) is 6.92 Å². The maximum atomic E-state index is 5.94. The van der Waals surface area contributed by atoms with Gasteiger partial charge in [-0.25, -0.2) is 4.98 Å². The van der Waals surface area contributed by atoms with Gasteiger partial charge in [0.25, 0.3) is 0 Å². The van der Waals surface area contributed by atoms with Crippen LogP contribution in [0.4, 0.5) is 0 Å². The van der Waals surface area contributed by atoms with Gasteiger partial charge in [0.1, 0.15) is 5.76 Å². The molecule has 1 aromatic heterocycles. The Morgan fingerprint density at radius 3 is 2.30 bits per heavy atom. The molecular weight excluding hydrogens is 248 g/mol. The summed E-state index contributed by atoms with van der Waals surface area (Å²) in [6.07, 6.45) is 10.7. The summed E-state index contributed by atoms with van der Waals surface area (Å²) in [5.41, 5.74) is 7.24. The number of hydrogen-bond donors (Lipinski definition) is 1. The molecule has 4 aliphatic rings. The van der Waals surface area contributed by atoms with Crippen LogP contribution in [0.15, 0.2) is 4.42 Å². The molecule has 0 atom stereocenters. The van der Waals surface area contributed by atoms with E-state index in [1.54, 1.807) is 0 Å². The Labute approximate surface area is 121 Å². The molecule has 110 valence electrons. The van der Waals surface area contributed by atoms with Crippen molar-refractivity contribution in [2.24, 2.45) is 28.9 Å². The highest BCUT2D eigenvalue weighted by Crippen LogP contribution is 2.60. The predicted octanol–water partition coefficient (Wildman–Crippen LogP) is 3.24. The summed E-state index contributed by atoms with van der Waals surface area (Å²) in [5.74, 6) is 4.96. The summed E-state index contributed by atoms with van der Waals surface area (Å²) in [6.45, 7) is 2.69. The van der Waals surface area contributed by atoms with E-state index in [9.17, 15) is 0 Å². The zero-order chi connectivity index (χ0) is 13.7. The normalized spacial score (nSPS) is 38.6. The molecule has 0 amide bonds. The zero-order valence-corrected chi connectivity index (χ0v) is 12.5. The molecule has 2 N–H and O–H groups in total. The van der Waals surface area contributed by atoms with E-state index in [2.05, 4.69) is 0 Å². The van der Waals surface area contributed by atoms with Crippen molar-refractivity contribution in [2.45, 2.75) is 58.3 Å². The van der Waals surface area contributed by atoms with Crippen molar-refractivity contribution in [2.75, 3.05) is 6.54 Å². The first-order valence-corrected chi connectivity index (χ1v) is 8.31. The van der Waals surface area contributed by atoms with E-state index in [4.69, 9.17) is 15.1 Å². The molecule has 5 rings (SSSR count). The third-order valence-corrected chi connectivity index (χ3v) is 6.01. The van der Waals surface area contributed by atoms with Crippen LogP contribution in [-0.4, -0.2) is 11.5 Å². The van der Waals surface area contributed by atoms with Crippen molar-refractivity contribution in [3.05, 3.63) is 17.3 Å². The van der Waals surface area contributed by atoms with Crippen molar-refractivity contribution >= 4 is 0 Å². The van der Waals surface area contributed by atoms with Crippen LogP contribution >= 0.6 is 0 Å². The van der Waals surface area contributed by atoms with Crippen LogP contribution in [0.3, 0.4) is 0 Å². The lowest BCUT2D eigenvalue weighted by Crippen LogP contribution is -2.47. The minimum Gasteiger partial charge on any atom is -0.446 e. The fraction of sp³-hybridized carbons (Fsp3) is 0.824. The maximum absolute atomic E-state index is 5.94. The molecule has 0 aliphatic heterocycles. The van der Waals surface area contributed by atoms with Gasteiger partial charge in [-0.15, -0.1) is 0 Å². The largest absolute Gasteiger partial charge is 0.446 e. The number of hydrogen-bond acceptors (Lipinski definition) is 3. The van der Waals surface area contributed by atoms with Gasteiger partial charge in [0.05, 0.1) is 5.69 Å². The molecule has 0 radical (unpaired) electrons. The third-order valence-electron chi connectivity index (χ3n) is 6.01. The molecule has 4 bridgehead atoms. The van der Waals surface area contributed by atoms with Crippen molar-refractivity contribution in [1.29, 1.82) is 0 Å². The first-order chi connectivity index (χ1) is 9.66. The number of nitrogens with zero attached hydrogens (tertiary/aromatic N) is 1. The van der Waals surface area contributed by atoms with Crippen LogP contribution in [0.5, 0.6) is 0 Å². The molecule has 0 unspecified atom stereocenters.